The van der Waals surface area contributed by atoms with E-state index in [0.29, 0.717) is 17.9 Å². The molecule has 0 aliphatic rings. The highest BCUT2D eigenvalue weighted by molar-refractivity contribution is 6.03. The minimum Gasteiger partial charge on any atom is -0.478 e. The smallest absolute Gasteiger partial charge is 0.339 e. The average molecular weight is 234 g/mol. The zero-order valence-corrected chi connectivity index (χ0v) is 10.0. The molecule has 6 nitrogen and oxygen atoms in total. The van der Waals surface area contributed by atoms with Crippen molar-refractivity contribution in [2.24, 2.45) is 7.05 Å². The topological polar surface area (TPSA) is 71.2 Å². The Bertz CT molecular complexity index is 576. The van der Waals surface area contributed by atoms with Gasteiger partial charge in [0.1, 0.15) is 5.56 Å². The molecule has 0 bridgehead atoms. The molecule has 90 valence electrons. The van der Waals surface area contributed by atoms with Crippen molar-refractivity contribution in [3.8, 4) is 0 Å². The van der Waals surface area contributed by atoms with E-state index >= 15 is 0 Å². The number of rotatable bonds is 3. The zero-order chi connectivity index (χ0) is 12.6. The number of hydrogen-bond donors (Lipinski definition) is 1. The fourth-order valence-corrected chi connectivity index (χ4v) is 1.81. The Kier molecular flexibility index (Phi) is 2.71. The van der Waals surface area contributed by atoms with Gasteiger partial charge in [-0.15, -0.1) is 0 Å². The SMILES string of the molecule is CCN(C)c1c(C(=O)O)cnc2c1cnn2C. The van der Waals surface area contributed by atoms with Gasteiger partial charge in [-0.3, -0.25) is 4.68 Å². The number of carboxylic acids is 1. The first-order chi connectivity index (χ1) is 8.06. The van der Waals surface area contributed by atoms with E-state index in [1.165, 1.54) is 6.20 Å². The molecule has 0 fully saturated rings. The minimum absolute atomic E-state index is 0.204. The number of anilines is 1. The van der Waals surface area contributed by atoms with Gasteiger partial charge in [0.25, 0.3) is 0 Å². The van der Waals surface area contributed by atoms with Crippen LogP contribution in [-0.4, -0.2) is 39.4 Å². The third-order valence-electron chi connectivity index (χ3n) is 2.82. The summed E-state index contributed by atoms with van der Waals surface area (Å²) >= 11 is 0. The van der Waals surface area contributed by atoms with Crippen molar-refractivity contribution in [3.63, 3.8) is 0 Å². The maximum atomic E-state index is 11.2. The second-order valence-corrected chi connectivity index (χ2v) is 3.85. The van der Waals surface area contributed by atoms with E-state index in [1.807, 2.05) is 18.9 Å². The highest BCUT2D eigenvalue weighted by Gasteiger charge is 2.18. The Morgan fingerprint density at radius 1 is 1.53 bits per heavy atom. The van der Waals surface area contributed by atoms with E-state index in [2.05, 4.69) is 10.1 Å². The van der Waals surface area contributed by atoms with Crippen molar-refractivity contribution in [2.75, 3.05) is 18.5 Å². The lowest BCUT2D eigenvalue weighted by molar-refractivity contribution is 0.0697. The van der Waals surface area contributed by atoms with Crippen LogP contribution in [0.5, 0.6) is 0 Å². The molecule has 2 aromatic rings. The van der Waals surface area contributed by atoms with Gasteiger partial charge in [-0.25, -0.2) is 9.78 Å². The van der Waals surface area contributed by atoms with Gasteiger partial charge in [0.15, 0.2) is 5.65 Å². The molecule has 0 unspecified atom stereocenters. The molecule has 0 aliphatic carbocycles. The number of aromatic nitrogens is 3. The lowest BCUT2D eigenvalue weighted by Crippen LogP contribution is -2.19. The molecule has 0 spiro atoms. The molecule has 1 N–H and O–H groups in total. The Hall–Kier alpha value is -2.11. The summed E-state index contributed by atoms with van der Waals surface area (Å²) in [6.45, 7) is 2.68. The highest BCUT2D eigenvalue weighted by Crippen LogP contribution is 2.28. The molecule has 0 atom stereocenters. The van der Waals surface area contributed by atoms with Crippen molar-refractivity contribution in [1.82, 2.24) is 14.8 Å². The Balaban J connectivity index is 2.79. The molecule has 2 aromatic heterocycles. The lowest BCUT2D eigenvalue weighted by Gasteiger charge is -2.19. The fourth-order valence-electron chi connectivity index (χ4n) is 1.81. The molecule has 0 radical (unpaired) electrons. The van der Waals surface area contributed by atoms with Crippen molar-refractivity contribution in [2.45, 2.75) is 6.92 Å². The summed E-state index contributed by atoms with van der Waals surface area (Å²) in [5, 5.41) is 14.1. The molecule has 6 heteroatoms. The number of carboxylic acid groups (broad SMARTS) is 1. The van der Waals surface area contributed by atoms with E-state index in [-0.39, 0.29) is 5.56 Å². The van der Waals surface area contributed by atoms with Crippen LogP contribution in [0.2, 0.25) is 0 Å². The number of aryl methyl sites for hydroxylation is 1. The normalized spacial score (nSPS) is 10.8. The molecular weight excluding hydrogens is 220 g/mol. The molecule has 0 amide bonds. The van der Waals surface area contributed by atoms with Crippen LogP contribution in [0.3, 0.4) is 0 Å². The average Bonchev–Trinajstić information content (AvgIpc) is 2.69. The van der Waals surface area contributed by atoms with Gasteiger partial charge in [-0.1, -0.05) is 0 Å². The molecule has 0 saturated carbocycles. The van der Waals surface area contributed by atoms with Crippen molar-refractivity contribution in [3.05, 3.63) is 18.0 Å². The zero-order valence-electron chi connectivity index (χ0n) is 10.0. The third-order valence-corrected chi connectivity index (χ3v) is 2.82. The largest absolute Gasteiger partial charge is 0.478 e. The Labute approximate surface area is 98.5 Å². The first-order valence-electron chi connectivity index (χ1n) is 5.31. The maximum absolute atomic E-state index is 11.2. The number of pyridine rings is 1. The summed E-state index contributed by atoms with van der Waals surface area (Å²) in [6, 6.07) is 0. The maximum Gasteiger partial charge on any atom is 0.339 e. The number of nitrogens with zero attached hydrogens (tertiary/aromatic N) is 4. The van der Waals surface area contributed by atoms with Crippen molar-refractivity contribution >= 4 is 22.7 Å². The van der Waals surface area contributed by atoms with Gasteiger partial charge in [0.2, 0.25) is 0 Å². The van der Waals surface area contributed by atoms with Crippen LogP contribution in [0.15, 0.2) is 12.4 Å². The van der Waals surface area contributed by atoms with Crippen molar-refractivity contribution < 1.29 is 9.90 Å². The third kappa shape index (κ3) is 1.71. The van der Waals surface area contributed by atoms with Crippen LogP contribution in [0.25, 0.3) is 11.0 Å². The van der Waals surface area contributed by atoms with E-state index in [0.717, 1.165) is 5.39 Å². The van der Waals surface area contributed by atoms with Gasteiger partial charge in [-0.2, -0.15) is 5.10 Å². The molecule has 0 aromatic carbocycles. The Morgan fingerprint density at radius 3 is 2.82 bits per heavy atom. The van der Waals surface area contributed by atoms with Crippen molar-refractivity contribution in [1.29, 1.82) is 0 Å². The summed E-state index contributed by atoms with van der Waals surface area (Å²) in [5.41, 5.74) is 1.55. The van der Waals surface area contributed by atoms with E-state index in [4.69, 9.17) is 0 Å². The van der Waals surface area contributed by atoms with Crippen LogP contribution in [-0.2, 0) is 7.05 Å². The van der Waals surface area contributed by atoms with Gasteiger partial charge in [0.05, 0.1) is 17.3 Å². The number of fused-ring (bicyclic) bond motifs is 1. The summed E-state index contributed by atoms with van der Waals surface area (Å²) in [7, 11) is 3.64. The highest BCUT2D eigenvalue weighted by atomic mass is 16.4. The monoisotopic (exact) mass is 234 g/mol. The lowest BCUT2D eigenvalue weighted by atomic mass is 10.1. The second-order valence-electron chi connectivity index (χ2n) is 3.85. The van der Waals surface area contributed by atoms with Gasteiger partial charge >= 0.3 is 5.97 Å². The van der Waals surface area contributed by atoms with Crippen LogP contribution in [0, 0.1) is 0 Å². The number of carbonyl (C=O) groups is 1. The predicted molar refractivity (Wildman–Crippen MR) is 64.4 cm³/mol. The first-order valence-corrected chi connectivity index (χ1v) is 5.31. The van der Waals surface area contributed by atoms with Crippen LogP contribution >= 0.6 is 0 Å². The van der Waals surface area contributed by atoms with E-state index in [9.17, 15) is 9.90 Å². The van der Waals surface area contributed by atoms with Crippen LogP contribution in [0.4, 0.5) is 5.69 Å². The summed E-state index contributed by atoms with van der Waals surface area (Å²) in [4.78, 5) is 17.2. The van der Waals surface area contributed by atoms with E-state index in [1.54, 1.807) is 17.9 Å². The van der Waals surface area contributed by atoms with E-state index < -0.39 is 5.97 Å². The standard InChI is InChI=1S/C11H14N4O2/c1-4-14(2)9-7-6-13-15(3)10(7)12-5-8(9)11(16)17/h5-6H,4H2,1-3H3,(H,16,17). The number of aromatic carboxylic acids is 1. The molecule has 2 rings (SSSR count). The molecule has 17 heavy (non-hydrogen) atoms. The molecular formula is C11H14N4O2. The molecule has 2 heterocycles. The quantitative estimate of drug-likeness (QED) is 0.861. The molecule has 0 aliphatic heterocycles. The van der Waals surface area contributed by atoms with Crippen LogP contribution < -0.4 is 4.90 Å². The summed E-state index contributed by atoms with van der Waals surface area (Å²) in [6.07, 6.45) is 3.03. The first kappa shape index (κ1) is 11.4. The minimum atomic E-state index is -0.974. The van der Waals surface area contributed by atoms with Gasteiger partial charge in [-0.05, 0) is 6.92 Å². The Morgan fingerprint density at radius 2 is 2.24 bits per heavy atom. The summed E-state index contributed by atoms with van der Waals surface area (Å²) in [5.74, 6) is -0.974. The fraction of sp³-hybridized carbons (Fsp3) is 0.364. The molecule has 0 saturated heterocycles. The van der Waals surface area contributed by atoms with Crippen LogP contribution in [0.1, 0.15) is 17.3 Å². The summed E-state index contributed by atoms with van der Waals surface area (Å²) < 4.78 is 1.63. The number of hydrogen-bond acceptors (Lipinski definition) is 4. The predicted octanol–water partition coefficient (Wildman–Crippen LogP) is 1.12. The van der Waals surface area contributed by atoms with Gasteiger partial charge in [0, 0.05) is 26.8 Å². The van der Waals surface area contributed by atoms with Gasteiger partial charge < -0.3 is 10.0 Å². The second kappa shape index (κ2) is 4.04.